The Hall–Kier alpha value is -3.05. The lowest BCUT2D eigenvalue weighted by Crippen LogP contribution is -2.39. The summed E-state index contributed by atoms with van der Waals surface area (Å²) in [4.78, 5) is 33.9. The van der Waals surface area contributed by atoms with Gasteiger partial charge in [-0.15, -0.1) is 0 Å². The Labute approximate surface area is 192 Å². The van der Waals surface area contributed by atoms with Gasteiger partial charge in [-0.2, -0.15) is 0 Å². The summed E-state index contributed by atoms with van der Waals surface area (Å²) >= 11 is 6.08. The summed E-state index contributed by atoms with van der Waals surface area (Å²) < 4.78 is 0. The van der Waals surface area contributed by atoms with E-state index in [1.807, 2.05) is 36.5 Å². The maximum Gasteiger partial charge on any atom is 0.277 e. The SMILES string of the molecule is CC1CCCN(C2=C(c3ccc(Cl)cc3)C(=O)N(CCc3c[nH]c4ccccc34)C2=O)C1. The second-order valence-corrected chi connectivity index (χ2v) is 9.23. The molecule has 1 N–H and O–H groups in total. The minimum Gasteiger partial charge on any atom is -0.366 e. The van der Waals surface area contributed by atoms with Crippen LogP contribution in [0.4, 0.5) is 0 Å². The molecule has 2 aliphatic rings. The van der Waals surface area contributed by atoms with Gasteiger partial charge in [-0.3, -0.25) is 14.5 Å². The number of nitrogens with zero attached hydrogens (tertiary/aromatic N) is 2. The molecule has 164 valence electrons. The molecule has 2 aromatic carbocycles. The van der Waals surface area contributed by atoms with Crippen LogP contribution in [0.25, 0.3) is 16.5 Å². The van der Waals surface area contributed by atoms with Gasteiger partial charge in [0.05, 0.1) is 5.57 Å². The van der Waals surface area contributed by atoms with Gasteiger partial charge in [0.1, 0.15) is 5.70 Å². The van der Waals surface area contributed by atoms with Crippen LogP contribution < -0.4 is 0 Å². The van der Waals surface area contributed by atoms with E-state index in [2.05, 4.69) is 22.9 Å². The number of H-pyrrole nitrogens is 1. The van der Waals surface area contributed by atoms with Crippen LogP contribution in [0.15, 0.2) is 60.4 Å². The highest BCUT2D eigenvalue weighted by Gasteiger charge is 2.42. The number of halogens is 1. The molecular weight excluding hydrogens is 422 g/mol. The van der Waals surface area contributed by atoms with Crippen LogP contribution in [0.3, 0.4) is 0 Å². The summed E-state index contributed by atoms with van der Waals surface area (Å²) in [5.41, 5.74) is 3.96. The van der Waals surface area contributed by atoms with Crippen molar-refractivity contribution in [2.45, 2.75) is 26.2 Å². The largest absolute Gasteiger partial charge is 0.366 e. The van der Waals surface area contributed by atoms with E-state index in [-0.39, 0.29) is 11.8 Å². The van der Waals surface area contributed by atoms with Crippen molar-refractivity contribution in [1.29, 1.82) is 0 Å². The number of fused-ring (bicyclic) bond motifs is 1. The lowest BCUT2D eigenvalue weighted by atomic mass is 9.98. The maximum absolute atomic E-state index is 13.6. The predicted molar refractivity (Wildman–Crippen MR) is 127 cm³/mol. The molecule has 5 rings (SSSR count). The lowest BCUT2D eigenvalue weighted by molar-refractivity contribution is -0.137. The zero-order valence-electron chi connectivity index (χ0n) is 18.1. The van der Waals surface area contributed by atoms with E-state index in [0.29, 0.717) is 35.2 Å². The first-order valence-electron chi connectivity index (χ1n) is 11.2. The topological polar surface area (TPSA) is 56.4 Å². The van der Waals surface area contributed by atoms with E-state index >= 15 is 0 Å². The fourth-order valence-electron chi connectivity index (χ4n) is 4.90. The second-order valence-electron chi connectivity index (χ2n) is 8.80. The summed E-state index contributed by atoms with van der Waals surface area (Å²) in [6.07, 6.45) is 4.75. The molecule has 1 fully saturated rings. The van der Waals surface area contributed by atoms with Crippen molar-refractivity contribution in [1.82, 2.24) is 14.8 Å². The molecule has 3 aromatic rings. The Morgan fingerprint density at radius 1 is 1.06 bits per heavy atom. The van der Waals surface area contributed by atoms with Gasteiger partial charge in [0.15, 0.2) is 0 Å². The fraction of sp³-hybridized carbons (Fsp3) is 0.308. The molecular formula is C26H26ClN3O2. The number of para-hydroxylation sites is 1. The van der Waals surface area contributed by atoms with Crippen molar-refractivity contribution >= 4 is 39.9 Å². The first-order chi connectivity index (χ1) is 15.5. The number of benzene rings is 2. The highest BCUT2D eigenvalue weighted by atomic mass is 35.5. The van der Waals surface area contributed by atoms with Crippen molar-refractivity contribution in [2.24, 2.45) is 5.92 Å². The van der Waals surface area contributed by atoms with Gasteiger partial charge in [0, 0.05) is 41.8 Å². The summed E-state index contributed by atoms with van der Waals surface area (Å²) in [5.74, 6) is 0.0881. The normalized spacial score (nSPS) is 19.5. The molecule has 1 unspecified atom stereocenters. The average molecular weight is 448 g/mol. The van der Waals surface area contributed by atoms with Crippen LogP contribution in [-0.2, 0) is 16.0 Å². The second kappa shape index (κ2) is 8.47. The number of rotatable bonds is 5. The molecule has 1 aromatic heterocycles. The fourth-order valence-corrected chi connectivity index (χ4v) is 5.03. The van der Waals surface area contributed by atoms with E-state index in [4.69, 9.17) is 11.6 Å². The number of amides is 2. The number of aromatic amines is 1. The molecule has 0 aliphatic carbocycles. The minimum atomic E-state index is -0.217. The molecule has 2 amide bonds. The number of piperidine rings is 1. The van der Waals surface area contributed by atoms with Gasteiger partial charge < -0.3 is 9.88 Å². The first-order valence-corrected chi connectivity index (χ1v) is 11.6. The van der Waals surface area contributed by atoms with E-state index in [1.165, 1.54) is 4.90 Å². The molecule has 2 aliphatic heterocycles. The van der Waals surface area contributed by atoms with Crippen molar-refractivity contribution in [3.8, 4) is 0 Å². The molecule has 5 nitrogen and oxygen atoms in total. The number of nitrogens with one attached hydrogen (secondary N) is 1. The summed E-state index contributed by atoms with van der Waals surface area (Å²) in [7, 11) is 0. The highest BCUT2D eigenvalue weighted by Crippen LogP contribution is 2.34. The smallest absolute Gasteiger partial charge is 0.277 e. The van der Waals surface area contributed by atoms with Crippen LogP contribution in [0.5, 0.6) is 0 Å². The summed E-state index contributed by atoms with van der Waals surface area (Å²) in [5, 5.41) is 1.73. The molecule has 6 heteroatoms. The number of carbonyl (C=O) groups excluding carboxylic acids is 2. The predicted octanol–water partition coefficient (Wildman–Crippen LogP) is 4.88. The average Bonchev–Trinajstić information content (AvgIpc) is 3.31. The quantitative estimate of drug-likeness (QED) is 0.567. The van der Waals surface area contributed by atoms with Gasteiger partial charge in [-0.1, -0.05) is 48.9 Å². The number of hydrogen-bond acceptors (Lipinski definition) is 3. The van der Waals surface area contributed by atoms with Gasteiger partial charge in [0.25, 0.3) is 11.8 Å². The Kier molecular flexibility index (Phi) is 5.51. The molecule has 0 bridgehead atoms. The zero-order valence-corrected chi connectivity index (χ0v) is 18.9. The third kappa shape index (κ3) is 3.71. The number of imide groups is 1. The molecule has 1 saturated heterocycles. The molecule has 1 atom stereocenters. The number of hydrogen-bond donors (Lipinski definition) is 1. The maximum atomic E-state index is 13.6. The number of likely N-dealkylation sites (tertiary alicyclic amines) is 1. The van der Waals surface area contributed by atoms with Crippen LogP contribution in [0.2, 0.25) is 5.02 Å². The van der Waals surface area contributed by atoms with Crippen molar-refractivity contribution < 1.29 is 9.59 Å². The van der Waals surface area contributed by atoms with Crippen LogP contribution in [0.1, 0.15) is 30.9 Å². The van der Waals surface area contributed by atoms with Crippen LogP contribution in [-0.4, -0.2) is 46.2 Å². The Bertz CT molecular complexity index is 1210. The van der Waals surface area contributed by atoms with Crippen molar-refractivity contribution in [2.75, 3.05) is 19.6 Å². The van der Waals surface area contributed by atoms with E-state index in [0.717, 1.165) is 48.0 Å². The van der Waals surface area contributed by atoms with Crippen LogP contribution in [0, 0.1) is 5.92 Å². The summed E-state index contributed by atoms with van der Waals surface area (Å²) in [6, 6.07) is 15.3. The molecule has 0 saturated carbocycles. The van der Waals surface area contributed by atoms with Crippen LogP contribution >= 0.6 is 11.6 Å². The monoisotopic (exact) mass is 447 g/mol. The molecule has 3 heterocycles. The number of carbonyl (C=O) groups is 2. The number of aromatic nitrogens is 1. The third-order valence-corrected chi connectivity index (χ3v) is 6.78. The molecule has 0 radical (unpaired) electrons. The Balaban J connectivity index is 1.46. The van der Waals surface area contributed by atoms with Gasteiger partial charge in [-0.25, -0.2) is 0 Å². The van der Waals surface area contributed by atoms with E-state index in [1.54, 1.807) is 12.1 Å². The highest BCUT2D eigenvalue weighted by molar-refractivity contribution is 6.36. The van der Waals surface area contributed by atoms with Crippen molar-refractivity contribution in [3.05, 3.63) is 76.6 Å². The first kappa shape index (κ1) is 20.8. The van der Waals surface area contributed by atoms with Gasteiger partial charge >= 0.3 is 0 Å². The molecule has 0 spiro atoms. The van der Waals surface area contributed by atoms with Crippen molar-refractivity contribution in [3.63, 3.8) is 0 Å². The molecule has 32 heavy (non-hydrogen) atoms. The zero-order chi connectivity index (χ0) is 22.2. The van der Waals surface area contributed by atoms with Gasteiger partial charge in [0.2, 0.25) is 0 Å². The minimum absolute atomic E-state index is 0.186. The van der Waals surface area contributed by atoms with Gasteiger partial charge in [-0.05, 0) is 54.5 Å². The van der Waals surface area contributed by atoms with E-state index in [9.17, 15) is 9.59 Å². The standard InChI is InChI=1S/C26H26ClN3O2/c1-17-5-4-13-29(16-17)24-23(18-8-10-20(27)11-9-18)25(31)30(26(24)32)14-12-19-15-28-22-7-3-2-6-21(19)22/h2-3,6-11,15,17,28H,4-5,12-14,16H2,1H3. The lowest BCUT2D eigenvalue weighted by Gasteiger charge is -2.33. The Morgan fingerprint density at radius 3 is 2.62 bits per heavy atom. The Morgan fingerprint density at radius 2 is 1.84 bits per heavy atom. The summed E-state index contributed by atoms with van der Waals surface area (Å²) in [6.45, 7) is 4.14. The third-order valence-electron chi connectivity index (χ3n) is 6.53. The van der Waals surface area contributed by atoms with E-state index < -0.39 is 0 Å².